The third kappa shape index (κ3) is 9.13. The minimum absolute atomic E-state index is 0.105. The van der Waals surface area contributed by atoms with Gasteiger partial charge >= 0.3 is 17.9 Å². The normalized spacial score (nSPS) is 13.4. The highest BCUT2D eigenvalue weighted by atomic mass is 28.4. The molecule has 0 fully saturated rings. The van der Waals surface area contributed by atoms with Crippen molar-refractivity contribution in [3.05, 3.63) is 96.6 Å². The molecular formula is C36H46O7Si. The molecule has 0 heterocycles. The van der Waals surface area contributed by atoms with E-state index in [0.29, 0.717) is 18.4 Å². The van der Waals surface area contributed by atoms with Crippen LogP contribution in [0.4, 0.5) is 0 Å². The Balaban J connectivity index is 1.94. The van der Waals surface area contributed by atoms with Gasteiger partial charge in [-0.3, -0.25) is 9.59 Å². The Kier molecular flexibility index (Phi) is 12.1. The summed E-state index contributed by atoms with van der Waals surface area (Å²) in [6.45, 7) is 13.5. The van der Waals surface area contributed by atoms with E-state index in [9.17, 15) is 14.4 Å². The van der Waals surface area contributed by atoms with E-state index in [1.807, 2.05) is 42.5 Å². The number of rotatable bonds is 13. The summed E-state index contributed by atoms with van der Waals surface area (Å²) in [7, 11) is -2.93. The van der Waals surface area contributed by atoms with Crippen molar-refractivity contribution < 1.29 is 33.0 Å². The number of hydrogen-bond donors (Lipinski definition) is 0. The van der Waals surface area contributed by atoms with E-state index in [0.717, 1.165) is 10.4 Å². The highest BCUT2D eigenvalue weighted by molar-refractivity contribution is 6.99. The average molecular weight is 619 g/mol. The molecule has 236 valence electrons. The molecule has 0 saturated heterocycles. The maximum absolute atomic E-state index is 13.6. The van der Waals surface area contributed by atoms with Gasteiger partial charge in [-0.15, -0.1) is 0 Å². The van der Waals surface area contributed by atoms with Crippen molar-refractivity contribution in [2.24, 2.45) is 5.41 Å². The largest absolute Gasteiger partial charge is 0.465 e. The summed E-state index contributed by atoms with van der Waals surface area (Å²) in [4.78, 5) is 37.9. The van der Waals surface area contributed by atoms with Crippen molar-refractivity contribution in [2.45, 2.75) is 78.6 Å². The minimum atomic E-state index is -2.93. The maximum atomic E-state index is 13.6. The van der Waals surface area contributed by atoms with Crippen LogP contribution in [0.2, 0.25) is 5.04 Å². The van der Waals surface area contributed by atoms with Crippen molar-refractivity contribution in [1.82, 2.24) is 0 Å². The molecule has 0 saturated carbocycles. The van der Waals surface area contributed by atoms with Gasteiger partial charge in [0.15, 0.2) is 0 Å². The van der Waals surface area contributed by atoms with Crippen LogP contribution in [0.1, 0.15) is 73.0 Å². The Morgan fingerprint density at radius 3 is 1.68 bits per heavy atom. The average Bonchev–Trinajstić information content (AvgIpc) is 2.98. The molecule has 7 nitrogen and oxygen atoms in total. The molecular weight excluding hydrogens is 572 g/mol. The first-order chi connectivity index (χ1) is 20.8. The van der Waals surface area contributed by atoms with Crippen molar-refractivity contribution in [1.29, 1.82) is 0 Å². The summed E-state index contributed by atoms with van der Waals surface area (Å²) in [5, 5.41) is 1.92. The van der Waals surface area contributed by atoms with Crippen LogP contribution in [-0.2, 0) is 33.0 Å². The summed E-state index contributed by atoms with van der Waals surface area (Å²) >= 11 is 0. The van der Waals surface area contributed by atoms with Gasteiger partial charge in [0.1, 0.15) is 6.10 Å². The lowest BCUT2D eigenvalue weighted by Crippen LogP contribution is -2.67. The molecule has 44 heavy (non-hydrogen) atoms. The van der Waals surface area contributed by atoms with Crippen LogP contribution < -0.4 is 10.4 Å². The number of carbonyl (C=O) groups excluding carboxylic acids is 3. The Morgan fingerprint density at radius 1 is 0.727 bits per heavy atom. The zero-order valence-electron chi connectivity index (χ0n) is 27.0. The first kappa shape index (κ1) is 34.7. The molecule has 0 aliphatic heterocycles. The first-order valence-electron chi connectivity index (χ1n) is 15.1. The zero-order valence-corrected chi connectivity index (χ0v) is 28.0. The van der Waals surface area contributed by atoms with Gasteiger partial charge in [0.2, 0.25) is 6.10 Å². The SMILES string of the molecule is CC(=O)O[C@H](C(=O)O[C@@H](CCCOC(=O)C(C)(C)C)CO[Si](c1ccccc1)(c1ccccc1)C(C)(C)C)c1ccccc1. The quantitative estimate of drug-likeness (QED) is 0.0983. The van der Waals surface area contributed by atoms with E-state index in [4.69, 9.17) is 18.6 Å². The van der Waals surface area contributed by atoms with E-state index in [-0.39, 0.29) is 24.2 Å². The molecule has 0 radical (unpaired) electrons. The molecule has 8 heteroatoms. The van der Waals surface area contributed by atoms with Gasteiger partial charge in [0, 0.05) is 12.5 Å². The molecule has 3 aromatic carbocycles. The van der Waals surface area contributed by atoms with Crippen LogP contribution in [0.5, 0.6) is 0 Å². The standard InChI is InChI=1S/C36H46O7Si/c1-27(37)42-32(28-18-11-8-12-19-28)33(38)43-29(20-17-25-40-34(39)35(2,3)4)26-41-44(36(5,6)7,30-21-13-9-14-22-30)31-23-15-10-16-24-31/h8-16,18-19,21-24,29,32H,17,20,25-26H2,1-7H3/t29-,32-/m0/s1. The monoisotopic (exact) mass is 618 g/mol. The van der Waals surface area contributed by atoms with Crippen LogP contribution in [0.25, 0.3) is 0 Å². The zero-order chi connectivity index (χ0) is 32.4. The Morgan fingerprint density at radius 2 is 1.23 bits per heavy atom. The Hall–Kier alpha value is -3.75. The maximum Gasteiger partial charge on any atom is 0.352 e. The second kappa shape index (κ2) is 15.3. The lowest BCUT2D eigenvalue weighted by molar-refractivity contribution is -0.172. The highest BCUT2D eigenvalue weighted by Gasteiger charge is 2.50. The molecule has 0 amide bonds. The molecule has 0 spiro atoms. The molecule has 0 unspecified atom stereocenters. The van der Waals surface area contributed by atoms with E-state index >= 15 is 0 Å². The van der Waals surface area contributed by atoms with Gasteiger partial charge in [0.05, 0.1) is 18.6 Å². The molecule has 0 aliphatic carbocycles. The van der Waals surface area contributed by atoms with Gasteiger partial charge in [-0.05, 0) is 49.0 Å². The number of ether oxygens (including phenoxy) is 3. The summed E-state index contributed by atoms with van der Waals surface area (Å²) in [5.41, 5.74) is -0.107. The van der Waals surface area contributed by atoms with Crippen LogP contribution in [0, 0.1) is 5.41 Å². The summed E-state index contributed by atoms with van der Waals surface area (Å²) < 4.78 is 24.0. The van der Waals surface area contributed by atoms with Crippen molar-refractivity contribution >= 4 is 36.6 Å². The van der Waals surface area contributed by atoms with Crippen LogP contribution >= 0.6 is 0 Å². The van der Waals surface area contributed by atoms with Gasteiger partial charge in [-0.1, -0.05) is 112 Å². The second-order valence-corrected chi connectivity index (χ2v) is 17.3. The predicted octanol–water partition coefficient (Wildman–Crippen LogP) is 6.15. The van der Waals surface area contributed by atoms with Crippen molar-refractivity contribution in [2.75, 3.05) is 13.2 Å². The fraction of sp³-hybridized carbons (Fsp3) is 0.417. The van der Waals surface area contributed by atoms with E-state index < -0.39 is 37.9 Å². The van der Waals surface area contributed by atoms with Gasteiger partial charge < -0.3 is 18.6 Å². The molecule has 3 rings (SSSR count). The van der Waals surface area contributed by atoms with Crippen molar-refractivity contribution in [3.8, 4) is 0 Å². The molecule has 0 aromatic heterocycles. The van der Waals surface area contributed by atoms with Crippen LogP contribution in [-0.4, -0.2) is 45.5 Å². The van der Waals surface area contributed by atoms with Gasteiger partial charge in [-0.2, -0.15) is 0 Å². The smallest absolute Gasteiger partial charge is 0.352 e. The molecule has 0 bridgehead atoms. The van der Waals surface area contributed by atoms with E-state index in [1.54, 1.807) is 45.0 Å². The minimum Gasteiger partial charge on any atom is -0.465 e. The number of benzene rings is 3. The first-order valence-corrected chi connectivity index (χ1v) is 17.0. The fourth-order valence-corrected chi connectivity index (χ4v) is 9.71. The molecule has 0 N–H and O–H groups in total. The van der Waals surface area contributed by atoms with E-state index in [2.05, 4.69) is 45.0 Å². The van der Waals surface area contributed by atoms with Crippen LogP contribution in [0.15, 0.2) is 91.0 Å². The lowest BCUT2D eigenvalue weighted by atomic mass is 9.97. The Labute approximate surface area is 263 Å². The topological polar surface area (TPSA) is 88.1 Å². The number of hydrogen-bond acceptors (Lipinski definition) is 7. The van der Waals surface area contributed by atoms with Gasteiger partial charge in [-0.25, -0.2) is 4.79 Å². The van der Waals surface area contributed by atoms with Crippen molar-refractivity contribution in [3.63, 3.8) is 0 Å². The Bertz CT molecular complexity index is 1310. The molecule has 3 aromatic rings. The summed E-state index contributed by atoms with van der Waals surface area (Å²) in [6, 6.07) is 29.2. The predicted molar refractivity (Wildman–Crippen MR) is 174 cm³/mol. The van der Waals surface area contributed by atoms with Gasteiger partial charge in [0.25, 0.3) is 8.32 Å². The summed E-state index contributed by atoms with van der Waals surface area (Å²) in [6.07, 6.45) is -1.09. The van der Waals surface area contributed by atoms with Crippen LogP contribution in [0.3, 0.4) is 0 Å². The lowest BCUT2D eigenvalue weighted by Gasteiger charge is -2.43. The molecule has 0 aliphatic rings. The molecule has 2 atom stereocenters. The number of esters is 3. The number of carbonyl (C=O) groups is 3. The highest BCUT2D eigenvalue weighted by Crippen LogP contribution is 2.37. The fourth-order valence-electron chi connectivity index (χ4n) is 5.12. The second-order valence-electron chi connectivity index (χ2n) is 13.0. The third-order valence-corrected chi connectivity index (χ3v) is 12.3. The third-order valence-electron chi connectivity index (χ3n) is 7.30. The summed E-state index contributed by atoms with van der Waals surface area (Å²) in [5.74, 6) is -1.58. The van der Waals surface area contributed by atoms with E-state index in [1.165, 1.54) is 6.92 Å².